The van der Waals surface area contributed by atoms with Crippen LogP contribution in [0.2, 0.25) is 0 Å². The third-order valence-corrected chi connectivity index (χ3v) is 3.08. The van der Waals surface area contributed by atoms with Crippen LogP contribution in [-0.4, -0.2) is 41.5 Å². The number of hydrogen-bond donors (Lipinski definition) is 3. The molecule has 0 heterocycles. The molecule has 0 aromatic heterocycles. The standard InChI is InChI=1S/C14H22N4O2/c1-3-18(4-2)13(19)10-16-9-11-5-7-12(8-6-11)14(15)17-20/h5-8,16,20H,3-4,9-10H2,1-2H3,(H2,15,17). The first-order chi connectivity index (χ1) is 9.62. The Kier molecular flexibility index (Phi) is 6.52. The maximum Gasteiger partial charge on any atom is 0.236 e. The number of amidine groups is 1. The van der Waals surface area contributed by atoms with Gasteiger partial charge in [0.1, 0.15) is 0 Å². The van der Waals surface area contributed by atoms with Gasteiger partial charge in [-0.1, -0.05) is 29.4 Å². The largest absolute Gasteiger partial charge is 0.409 e. The molecule has 0 aliphatic rings. The van der Waals surface area contributed by atoms with Crippen LogP contribution in [0.15, 0.2) is 29.4 Å². The number of oxime groups is 1. The summed E-state index contributed by atoms with van der Waals surface area (Å²) < 4.78 is 0. The third kappa shape index (κ3) is 4.55. The Hall–Kier alpha value is -2.08. The fourth-order valence-corrected chi connectivity index (χ4v) is 1.85. The molecule has 20 heavy (non-hydrogen) atoms. The monoisotopic (exact) mass is 278 g/mol. The maximum atomic E-state index is 11.8. The van der Waals surface area contributed by atoms with Gasteiger partial charge in [-0.2, -0.15) is 0 Å². The van der Waals surface area contributed by atoms with Crippen LogP contribution in [0.1, 0.15) is 25.0 Å². The lowest BCUT2D eigenvalue weighted by Crippen LogP contribution is -2.37. The van der Waals surface area contributed by atoms with Crippen LogP contribution >= 0.6 is 0 Å². The van der Waals surface area contributed by atoms with Gasteiger partial charge in [-0.3, -0.25) is 4.79 Å². The smallest absolute Gasteiger partial charge is 0.236 e. The van der Waals surface area contributed by atoms with Crippen LogP contribution < -0.4 is 11.1 Å². The van der Waals surface area contributed by atoms with E-state index in [9.17, 15) is 4.79 Å². The van der Waals surface area contributed by atoms with Crippen molar-refractivity contribution in [3.8, 4) is 0 Å². The highest BCUT2D eigenvalue weighted by molar-refractivity contribution is 5.96. The van der Waals surface area contributed by atoms with Gasteiger partial charge in [0.15, 0.2) is 5.84 Å². The Labute approximate surface area is 119 Å². The molecule has 6 nitrogen and oxygen atoms in total. The molecule has 1 amide bonds. The molecule has 0 bridgehead atoms. The molecule has 0 saturated carbocycles. The van der Waals surface area contributed by atoms with E-state index < -0.39 is 0 Å². The number of likely N-dealkylation sites (N-methyl/N-ethyl adjacent to an activating group) is 1. The molecule has 6 heteroatoms. The molecule has 0 aliphatic heterocycles. The number of benzene rings is 1. The molecule has 110 valence electrons. The number of carbonyl (C=O) groups is 1. The minimum atomic E-state index is 0.0845. The number of nitrogens with zero attached hydrogens (tertiary/aromatic N) is 2. The predicted octanol–water partition coefficient (Wildman–Crippen LogP) is 0.739. The van der Waals surface area contributed by atoms with Crippen LogP contribution in [0, 0.1) is 0 Å². The molecule has 0 aliphatic carbocycles. The van der Waals surface area contributed by atoms with Crippen LogP contribution in [0.5, 0.6) is 0 Å². The zero-order valence-corrected chi connectivity index (χ0v) is 12.0. The van der Waals surface area contributed by atoms with E-state index in [0.29, 0.717) is 18.7 Å². The van der Waals surface area contributed by atoms with Gasteiger partial charge in [0.05, 0.1) is 6.54 Å². The van der Waals surface area contributed by atoms with E-state index in [-0.39, 0.29) is 11.7 Å². The number of carbonyl (C=O) groups excluding carboxylic acids is 1. The second-order valence-corrected chi connectivity index (χ2v) is 4.35. The average Bonchev–Trinajstić information content (AvgIpc) is 2.48. The molecule has 0 fully saturated rings. The number of nitrogens with two attached hydrogens (primary N) is 1. The topological polar surface area (TPSA) is 91.0 Å². The number of amides is 1. The SMILES string of the molecule is CCN(CC)C(=O)CNCc1ccc(/C(N)=N/O)cc1. The third-order valence-electron chi connectivity index (χ3n) is 3.08. The lowest BCUT2D eigenvalue weighted by molar-refractivity contribution is -0.129. The van der Waals surface area contributed by atoms with Crippen LogP contribution in [0.3, 0.4) is 0 Å². The molecule has 0 unspecified atom stereocenters. The van der Waals surface area contributed by atoms with Gasteiger partial charge in [0, 0.05) is 25.2 Å². The quantitative estimate of drug-likeness (QED) is 0.297. The van der Waals surface area contributed by atoms with Gasteiger partial charge in [0.25, 0.3) is 0 Å². The Morgan fingerprint density at radius 3 is 2.40 bits per heavy atom. The van der Waals surface area contributed by atoms with Crippen molar-refractivity contribution in [1.29, 1.82) is 0 Å². The number of hydrogen-bond acceptors (Lipinski definition) is 4. The van der Waals surface area contributed by atoms with Crippen molar-refractivity contribution in [1.82, 2.24) is 10.2 Å². The van der Waals surface area contributed by atoms with Crippen LogP contribution in [-0.2, 0) is 11.3 Å². The molecule has 0 radical (unpaired) electrons. The summed E-state index contributed by atoms with van der Waals surface area (Å²) in [5, 5.41) is 14.6. The summed E-state index contributed by atoms with van der Waals surface area (Å²) in [6, 6.07) is 7.31. The fourth-order valence-electron chi connectivity index (χ4n) is 1.85. The molecule has 1 aromatic rings. The minimum absolute atomic E-state index is 0.0845. The highest BCUT2D eigenvalue weighted by Crippen LogP contribution is 2.04. The Balaban J connectivity index is 2.45. The van der Waals surface area contributed by atoms with Crippen molar-refractivity contribution < 1.29 is 10.0 Å². The van der Waals surface area contributed by atoms with Crippen molar-refractivity contribution >= 4 is 11.7 Å². The van der Waals surface area contributed by atoms with Gasteiger partial charge >= 0.3 is 0 Å². The summed E-state index contributed by atoms with van der Waals surface area (Å²) in [5.41, 5.74) is 7.18. The summed E-state index contributed by atoms with van der Waals surface area (Å²) in [5.74, 6) is 0.185. The van der Waals surface area contributed by atoms with Gasteiger partial charge in [-0.15, -0.1) is 0 Å². The maximum absolute atomic E-state index is 11.8. The molecule has 1 aromatic carbocycles. The van der Waals surface area contributed by atoms with Gasteiger partial charge < -0.3 is 21.2 Å². The number of nitrogens with one attached hydrogen (secondary N) is 1. The van der Waals surface area contributed by atoms with E-state index in [4.69, 9.17) is 10.9 Å². The molecule has 0 spiro atoms. The van der Waals surface area contributed by atoms with Crippen molar-refractivity contribution in [2.45, 2.75) is 20.4 Å². The Morgan fingerprint density at radius 1 is 1.30 bits per heavy atom. The van der Waals surface area contributed by atoms with Crippen molar-refractivity contribution in [3.05, 3.63) is 35.4 Å². The van der Waals surface area contributed by atoms with Crippen molar-refractivity contribution in [2.75, 3.05) is 19.6 Å². The first kappa shape index (κ1) is 16.0. The minimum Gasteiger partial charge on any atom is -0.409 e. The summed E-state index contributed by atoms with van der Waals surface area (Å²) in [6.07, 6.45) is 0. The van der Waals surface area contributed by atoms with Crippen molar-refractivity contribution in [3.63, 3.8) is 0 Å². The molecule has 0 saturated heterocycles. The van der Waals surface area contributed by atoms with Crippen molar-refractivity contribution in [2.24, 2.45) is 10.9 Å². The van der Waals surface area contributed by atoms with E-state index >= 15 is 0 Å². The fraction of sp³-hybridized carbons (Fsp3) is 0.429. The Morgan fingerprint density at radius 2 is 1.90 bits per heavy atom. The molecule has 1 rings (SSSR count). The predicted molar refractivity (Wildman–Crippen MR) is 78.6 cm³/mol. The molecular formula is C14H22N4O2. The van der Waals surface area contributed by atoms with Gasteiger partial charge in [-0.05, 0) is 19.4 Å². The van der Waals surface area contributed by atoms with E-state index in [1.54, 1.807) is 17.0 Å². The van der Waals surface area contributed by atoms with E-state index in [1.807, 2.05) is 26.0 Å². The first-order valence-corrected chi connectivity index (χ1v) is 6.67. The Bertz CT molecular complexity index is 453. The van der Waals surface area contributed by atoms with E-state index in [1.165, 1.54) is 0 Å². The molecular weight excluding hydrogens is 256 g/mol. The summed E-state index contributed by atoms with van der Waals surface area (Å²) in [7, 11) is 0. The lowest BCUT2D eigenvalue weighted by atomic mass is 10.1. The summed E-state index contributed by atoms with van der Waals surface area (Å²) in [6.45, 7) is 6.31. The van der Waals surface area contributed by atoms with E-state index in [2.05, 4.69) is 10.5 Å². The summed E-state index contributed by atoms with van der Waals surface area (Å²) >= 11 is 0. The lowest BCUT2D eigenvalue weighted by Gasteiger charge is -2.18. The molecule has 4 N–H and O–H groups in total. The van der Waals surface area contributed by atoms with Crippen LogP contribution in [0.25, 0.3) is 0 Å². The second kappa shape index (κ2) is 8.16. The van der Waals surface area contributed by atoms with Crippen LogP contribution in [0.4, 0.5) is 0 Å². The first-order valence-electron chi connectivity index (χ1n) is 6.67. The van der Waals surface area contributed by atoms with Gasteiger partial charge in [-0.25, -0.2) is 0 Å². The van der Waals surface area contributed by atoms with Gasteiger partial charge in [0.2, 0.25) is 5.91 Å². The zero-order chi connectivity index (χ0) is 15.0. The highest BCUT2D eigenvalue weighted by atomic mass is 16.4. The number of rotatable bonds is 7. The van der Waals surface area contributed by atoms with E-state index in [0.717, 1.165) is 18.7 Å². The highest BCUT2D eigenvalue weighted by Gasteiger charge is 2.08. The zero-order valence-electron chi connectivity index (χ0n) is 12.0. The second-order valence-electron chi connectivity index (χ2n) is 4.35. The normalized spacial score (nSPS) is 11.4. The summed E-state index contributed by atoms with van der Waals surface area (Å²) in [4.78, 5) is 13.6. The average molecular weight is 278 g/mol. The molecule has 0 atom stereocenters.